The fourth-order valence-corrected chi connectivity index (χ4v) is 7.41. The Morgan fingerprint density at radius 2 is 2.00 bits per heavy atom. The normalized spacial score (nSPS) is 31.9. The van der Waals surface area contributed by atoms with Crippen molar-refractivity contribution in [2.75, 3.05) is 26.7 Å². The van der Waals surface area contributed by atoms with Crippen LogP contribution in [0.25, 0.3) is 0 Å². The number of piperidine rings is 3. The third kappa shape index (κ3) is 4.09. The summed E-state index contributed by atoms with van der Waals surface area (Å²) in [6, 6.07) is 6.90. The molecule has 5 aliphatic rings. The number of fused-ring (bicyclic) bond motifs is 6. The van der Waals surface area contributed by atoms with E-state index >= 15 is 0 Å². The number of ether oxygens (including phenoxy) is 1. The van der Waals surface area contributed by atoms with Crippen molar-refractivity contribution < 1.29 is 19.1 Å². The quantitative estimate of drug-likeness (QED) is 0.505. The van der Waals surface area contributed by atoms with Crippen molar-refractivity contribution in [1.82, 2.24) is 20.0 Å². The highest BCUT2D eigenvalue weighted by atomic mass is 16.5. The molecule has 0 aromatic heterocycles. The molecule has 2 bridgehead atoms. The zero-order valence-electron chi connectivity index (χ0n) is 21.0. The first-order chi connectivity index (χ1) is 17.5. The van der Waals surface area contributed by atoms with Crippen molar-refractivity contribution in [3.8, 4) is 5.75 Å². The smallest absolute Gasteiger partial charge is 0.325 e. The van der Waals surface area contributed by atoms with Crippen LogP contribution in [0.3, 0.4) is 0 Å². The molecular weight excluding hydrogens is 456 g/mol. The van der Waals surface area contributed by atoms with E-state index in [1.807, 2.05) is 29.2 Å². The van der Waals surface area contributed by atoms with Gasteiger partial charge < -0.3 is 15.0 Å². The van der Waals surface area contributed by atoms with Crippen LogP contribution < -0.4 is 10.1 Å². The lowest BCUT2D eigenvalue weighted by atomic mass is 9.68. The number of likely N-dealkylation sites (tertiary alicyclic amines) is 1. The van der Waals surface area contributed by atoms with Crippen LogP contribution in [0.4, 0.5) is 4.79 Å². The summed E-state index contributed by atoms with van der Waals surface area (Å²) in [6.07, 6.45) is 9.60. The first-order valence-electron chi connectivity index (χ1n) is 13.5. The number of benzene rings is 1. The number of para-hydroxylation sites is 1. The zero-order valence-corrected chi connectivity index (χ0v) is 21.0. The maximum atomic E-state index is 13.6. The van der Waals surface area contributed by atoms with Crippen molar-refractivity contribution in [1.29, 1.82) is 0 Å². The predicted octanol–water partition coefficient (Wildman–Crippen LogP) is 2.93. The van der Waals surface area contributed by atoms with Crippen molar-refractivity contribution in [2.24, 2.45) is 11.8 Å². The molecule has 0 spiro atoms. The highest BCUT2D eigenvalue weighted by molar-refractivity contribution is 6.05. The molecule has 4 heterocycles. The molecule has 6 rings (SSSR count). The van der Waals surface area contributed by atoms with Gasteiger partial charge in [0.05, 0.1) is 26.1 Å². The Balaban J connectivity index is 1.15. The van der Waals surface area contributed by atoms with E-state index in [2.05, 4.69) is 16.3 Å². The monoisotopic (exact) mass is 492 g/mol. The van der Waals surface area contributed by atoms with Crippen LogP contribution >= 0.6 is 0 Å². The minimum absolute atomic E-state index is 0.0132. The Morgan fingerprint density at radius 1 is 1.14 bits per heavy atom. The molecule has 192 valence electrons. The van der Waals surface area contributed by atoms with Gasteiger partial charge in [0.1, 0.15) is 11.8 Å². The average Bonchev–Trinajstić information content (AvgIpc) is 3.16. The maximum Gasteiger partial charge on any atom is 0.325 e. The van der Waals surface area contributed by atoms with Gasteiger partial charge in [-0.25, -0.2) is 4.79 Å². The summed E-state index contributed by atoms with van der Waals surface area (Å²) in [5.41, 5.74) is 2.19. The topological polar surface area (TPSA) is 82.2 Å². The summed E-state index contributed by atoms with van der Waals surface area (Å²) in [7, 11) is 1.57. The van der Waals surface area contributed by atoms with Gasteiger partial charge in [0.15, 0.2) is 0 Å². The van der Waals surface area contributed by atoms with E-state index < -0.39 is 12.1 Å². The lowest BCUT2D eigenvalue weighted by molar-refractivity contribution is -0.139. The molecule has 0 unspecified atom stereocenters. The number of hydrogen-bond donors (Lipinski definition) is 1. The van der Waals surface area contributed by atoms with Gasteiger partial charge in [-0.2, -0.15) is 0 Å². The van der Waals surface area contributed by atoms with Crippen LogP contribution in [0.2, 0.25) is 0 Å². The molecular formula is C28H36N4O4. The fourth-order valence-electron chi connectivity index (χ4n) is 7.41. The first-order valence-corrected chi connectivity index (χ1v) is 13.5. The molecule has 4 saturated heterocycles. The Kier molecular flexibility index (Phi) is 6.23. The summed E-state index contributed by atoms with van der Waals surface area (Å²) in [6.45, 7) is 3.09. The number of urea groups is 1. The lowest BCUT2D eigenvalue weighted by Gasteiger charge is -2.54. The van der Waals surface area contributed by atoms with Crippen molar-refractivity contribution in [2.45, 2.75) is 69.6 Å². The second kappa shape index (κ2) is 9.54. The van der Waals surface area contributed by atoms with Gasteiger partial charge in [0, 0.05) is 24.7 Å². The van der Waals surface area contributed by atoms with Gasteiger partial charge >= 0.3 is 6.03 Å². The van der Waals surface area contributed by atoms with Gasteiger partial charge in [0.2, 0.25) is 5.91 Å². The minimum Gasteiger partial charge on any atom is -0.496 e. The van der Waals surface area contributed by atoms with Crippen LogP contribution in [-0.4, -0.2) is 77.4 Å². The molecule has 36 heavy (non-hydrogen) atoms. The highest BCUT2D eigenvalue weighted by Crippen LogP contribution is 2.45. The SMILES string of the molecule is COc1ccccc1CN1C(=O)N[C@H](CC(=O)N2CCCC3=C[C@H]4C[C@@H](CN5CCCC[C@@H]45)[C@@H]32)C1=O. The van der Waals surface area contributed by atoms with E-state index in [-0.39, 0.29) is 30.8 Å². The zero-order chi connectivity index (χ0) is 24.8. The number of nitrogens with zero attached hydrogens (tertiary/aromatic N) is 3. The first kappa shape index (κ1) is 23.5. The van der Waals surface area contributed by atoms with Crippen LogP contribution in [0.5, 0.6) is 5.75 Å². The number of nitrogens with one attached hydrogen (secondary N) is 1. The second-order valence-corrected chi connectivity index (χ2v) is 11.0. The maximum absolute atomic E-state index is 13.6. The Morgan fingerprint density at radius 3 is 2.86 bits per heavy atom. The van der Waals surface area contributed by atoms with E-state index in [0.717, 1.165) is 37.9 Å². The molecule has 4 amide bonds. The Hall–Kier alpha value is -2.87. The van der Waals surface area contributed by atoms with Crippen LogP contribution in [0.1, 0.15) is 50.5 Å². The third-order valence-electron chi connectivity index (χ3n) is 8.98. The third-order valence-corrected chi connectivity index (χ3v) is 8.98. The number of carbonyl (C=O) groups excluding carboxylic acids is 3. The van der Waals surface area contributed by atoms with Crippen molar-refractivity contribution >= 4 is 17.8 Å². The number of imide groups is 1. The second-order valence-electron chi connectivity index (χ2n) is 11.0. The van der Waals surface area contributed by atoms with Crippen molar-refractivity contribution in [3.05, 3.63) is 41.5 Å². The number of hydrogen-bond acceptors (Lipinski definition) is 5. The van der Waals surface area contributed by atoms with Crippen LogP contribution in [0.15, 0.2) is 35.9 Å². The largest absolute Gasteiger partial charge is 0.496 e. The molecule has 8 heteroatoms. The summed E-state index contributed by atoms with van der Waals surface area (Å²) in [5.74, 6) is 1.34. The molecule has 8 nitrogen and oxygen atoms in total. The fraction of sp³-hybridized carbons (Fsp3) is 0.607. The number of carbonyl (C=O) groups is 3. The number of methoxy groups -OCH3 is 1. The molecule has 1 aromatic carbocycles. The molecule has 1 aromatic rings. The van der Waals surface area contributed by atoms with Gasteiger partial charge in [-0.05, 0) is 56.6 Å². The van der Waals surface area contributed by atoms with Gasteiger partial charge in [0.25, 0.3) is 5.91 Å². The molecule has 0 radical (unpaired) electrons. The van der Waals surface area contributed by atoms with Gasteiger partial charge in [-0.15, -0.1) is 0 Å². The van der Waals surface area contributed by atoms with Gasteiger partial charge in [-0.3, -0.25) is 19.4 Å². The van der Waals surface area contributed by atoms with Gasteiger partial charge in [-0.1, -0.05) is 36.3 Å². The summed E-state index contributed by atoms with van der Waals surface area (Å²) < 4.78 is 5.37. The molecule has 1 N–H and O–H groups in total. The van der Waals surface area contributed by atoms with Crippen molar-refractivity contribution in [3.63, 3.8) is 0 Å². The molecule has 1 aliphatic carbocycles. The van der Waals surface area contributed by atoms with E-state index in [1.54, 1.807) is 7.11 Å². The number of amides is 4. The standard InChI is InChI=1S/C28H36N4O4/c1-36-24-10-3-2-7-19(24)17-32-27(34)22(29-28(32)35)15-25(33)31-12-6-8-18-13-20-14-21(26(18)31)16-30-11-5-4-9-23(20)30/h2-3,7,10,13,20-23,26H,4-6,8-9,11-12,14-17H2,1H3,(H,29,35)/t20-,21-,22+,23-,26+/m0/s1. The lowest BCUT2D eigenvalue weighted by Crippen LogP contribution is -2.60. The average molecular weight is 493 g/mol. The molecule has 4 fully saturated rings. The molecule has 0 saturated carbocycles. The molecule has 5 atom stereocenters. The number of rotatable bonds is 5. The Bertz CT molecular complexity index is 1090. The Labute approximate surface area is 212 Å². The minimum atomic E-state index is -0.816. The summed E-state index contributed by atoms with van der Waals surface area (Å²) in [5, 5.41) is 2.76. The predicted molar refractivity (Wildman–Crippen MR) is 134 cm³/mol. The highest BCUT2D eigenvalue weighted by Gasteiger charge is 2.48. The van der Waals surface area contributed by atoms with E-state index in [1.165, 1.54) is 36.3 Å². The van der Waals surface area contributed by atoms with E-state index in [0.29, 0.717) is 23.6 Å². The van der Waals surface area contributed by atoms with E-state index in [4.69, 9.17) is 4.74 Å². The van der Waals surface area contributed by atoms with Crippen LogP contribution in [-0.2, 0) is 16.1 Å². The van der Waals surface area contributed by atoms with Crippen LogP contribution in [0, 0.1) is 11.8 Å². The summed E-state index contributed by atoms with van der Waals surface area (Å²) in [4.78, 5) is 45.3. The molecule has 4 aliphatic heterocycles. The van der Waals surface area contributed by atoms with E-state index in [9.17, 15) is 14.4 Å². The summed E-state index contributed by atoms with van der Waals surface area (Å²) >= 11 is 0.